The molecule has 3 nitrogen and oxygen atoms in total. The molecule has 26 heavy (non-hydrogen) atoms. The minimum Gasteiger partial charge on any atom is -0.358 e. The number of aryl methyl sites for hydroxylation is 2. The van der Waals surface area contributed by atoms with Gasteiger partial charge >= 0.3 is 0 Å². The van der Waals surface area contributed by atoms with E-state index >= 15 is 0 Å². The molecule has 0 aliphatic heterocycles. The highest BCUT2D eigenvalue weighted by Gasteiger charge is 2.25. The van der Waals surface area contributed by atoms with Crippen LogP contribution >= 0.6 is 0 Å². The number of rotatable bonds is 4. The van der Waals surface area contributed by atoms with Gasteiger partial charge in [-0.15, -0.1) is 0 Å². The van der Waals surface area contributed by atoms with E-state index in [1.54, 1.807) is 0 Å². The molecule has 0 saturated heterocycles. The van der Waals surface area contributed by atoms with Gasteiger partial charge in [-0.1, -0.05) is 30.3 Å². The summed E-state index contributed by atoms with van der Waals surface area (Å²) < 4.78 is 13.5. The third-order valence-corrected chi connectivity index (χ3v) is 4.69. The number of nitrogens with one attached hydrogen (secondary N) is 3. The van der Waals surface area contributed by atoms with Crippen LogP contribution in [0.3, 0.4) is 0 Å². The molecule has 0 bridgehead atoms. The van der Waals surface area contributed by atoms with Gasteiger partial charge in [0, 0.05) is 33.8 Å². The van der Waals surface area contributed by atoms with Crippen LogP contribution in [0.15, 0.2) is 66.9 Å². The van der Waals surface area contributed by atoms with E-state index in [2.05, 4.69) is 47.3 Å². The van der Waals surface area contributed by atoms with Gasteiger partial charge in [0.1, 0.15) is 11.9 Å². The molecule has 4 aromatic rings. The topological polar surface area (TPSA) is 42.0 Å². The number of hydrogen-bond acceptors (Lipinski definition) is 1. The largest absolute Gasteiger partial charge is 0.358 e. The van der Waals surface area contributed by atoms with Crippen LogP contribution in [-0.2, 0) is 0 Å². The van der Waals surface area contributed by atoms with Crippen molar-refractivity contribution in [2.75, 3.05) is 5.32 Å². The maximum Gasteiger partial charge on any atom is 0.273 e. The molecular weight excluding hydrogens is 325 g/mol. The number of benzene rings is 2. The smallest absolute Gasteiger partial charge is 0.273 e. The molecule has 0 aliphatic rings. The maximum atomic E-state index is 13.5. The van der Waals surface area contributed by atoms with Crippen molar-refractivity contribution in [2.24, 2.45) is 0 Å². The van der Waals surface area contributed by atoms with Gasteiger partial charge in [-0.05, 0) is 43.7 Å². The number of H-pyrrole nitrogens is 2. The monoisotopic (exact) mass is 346 g/mol. The number of halogens is 1. The Bertz CT molecular complexity index is 1050. The number of pyridine rings is 1. The Hall–Kier alpha value is -3.14. The lowest BCUT2D eigenvalue weighted by atomic mass is 9.96. The molecule has 3 N–H and O–H groups in total. The highest BCUT2D eigenvalue weighted by Crippen LogP contribution is 2.34. The molecule has 0 spiro atoms. The lowest BCUT2D eigenvalue weighted by Gasteiger charge is -2.16. The number of fused-ring (bicyclic) bond motifs is 1. The first-order valence-electron chi connectivity index (χ1n) is 8.69. The van der Waals surface area contributed by atoms with Crippen LogP contribution < -0.4 is 10.3 Å². The van der Waals surface area contributed by atoms with E-state index in [0.29, 0.717) is 0 Å². The maximum absolute atomic E-state index is 13.5. The molecule has 2 aromatic heterocycles. The van der Waals surface area contributed by atoms with Crippen molar-refractivity contribution in [1.82, 2.24) is 4.98 Å². The lowest BCUT2D eigenvalue weighted by Crippen LogP contribution is -2.19. The molecule has 0 fully saturated rings. The summed E-state index contributed by atoms with van der Waals surface area (Å²) in [6.07, 6.45) is 1.92. The van der Waals surface area contributed by atoms with E-state index < -0.39 is 0 Å². The van der Waals surface area contributed by atoms with Gasteiger partial charge in [-0.2, -0.15) is 0 Å². The zero-order chi connectivity index (χ0) is 18.1. The molecule has 0 radical (unpaired) electrons. The van der Waals surface area contributed by atoms with Gasteiger partial charge in [0.05, 0.1) is 6.20 Å². The predicted molar refractivity (Wildman–Crippen MR) is 103 cm³/mol. The van der Waals surface area contributed by atoms with Gasteiger partial charge in [0.15, 0.2) is 0 Å². The minimum atomic E-state index is -0.231. The normalized spacial score (nSPS) is 12.3. The standard InChI is InChI=1S/C22H20FN3/c1-14-11-12-24-20(13-14)26-22(16-7-9-17(23)10-8-16)21-15(2)25-19-6-4-3-5-18(19)21/h3-13,22,25H,1-2H3,(H,24,26)/p+1/t22-/m0/s1. The Balaban J connectivity index is 1.87. The summed E-state index contributed by atoms with van der Waals surface area (Å²) in [5.41, 5.74) is 5.54. The van der Waals surface area contributed by atoms with Crippen molar-refractivity contribution in [3.63, 3.8) is 0 Å². The van der Waals surface area contributed by atoms with Gasteiger partial charge in [0.2, 0.25) is 0 Å². The number of hydrogen-bond donors (Lipinski definition) is 2. The van der Waals surface area contributed by atoms with Gasteiger partial charge < -0.3 is 4.98 Å². The minimum absolute atomic E-state index is 0.107. The molecule has 4 rings (SSSR count). The Morgan fingerprint density at radius 1 is 1.00 bits per heavy atom. The molecule has 0 aliphatic carbocycles. The Labute approximate surface area is 151 Å². The molecule has 0 unspecified atom stereocenters. The Morgan fingerprint density at radius 2 is 1.77 bits per heavy atom. The van der Waals surface area contributed by atoms with Crippen molar-refractivity contribution in [1.29, 1.82) is 0 Å². The molecule has 1 atom stereocenters. The van der Waals surface area contributed by atoms with Crippen LogP contribution in [0.1, 0.15) is 28.4 Å². The molecule has 0 saturated carbocycles. The summed E-state index contributed by atoms with van der Waals surface area (Å²) in [5.74, 6) is 0.689. The second-order valence-electron chi connectivity index (χ2n) is 6.62. The molecular formula is C22H21FN3+. The number of para-hydroxylation sites is 1. The van der Waals surface area contributed by atoms with E-state index in [1.165, 1.54) is 28.6 Å². The molecule has 2 aromatic carbocycles. The summed E-state index contributed by atoms with van der Waals surface area (Å²) in [6, 6.07) is 18.9. The van der Waals surface area contributed by atoms with E-state index in [-0.39, 0.29) is 11.9 Å². The van der Waals surface area contributed by atoms with Crippen molar-refractivity contribution in [3.05, 3.63) is 95.1 Å². The first-order valence-corrected chi connectivity index (χ1v) is 8.69. The fourth-order valence-electron chi connectivity index (χ4n) is 3.47. The second kappa shape index (κ2) is 6.64. The molecule has 4 heteroatoms. The van der Waals surface area contributed by atoms with Gasteiger partial charge in [0.25, 0.3) is 5.82 Å². The Morgan fingerprint density at radius 3 is 2.54 bits per heavy atom. The van der Waals surface area contributed by atoms with Crippen molar-refractivity contribution < 1.29 is 9.37 Å². The molecule has 2 heterocycles. The summed E-state index contributed by atoms with van der Waals surface area (Å²) in [6.45, 7) is 4.14. The van der Waals surface area contributed by atoms with Crippen molar-refractivity contribution >= 4 is 16.7 Å². The van der Waals surface area contributed by atoms with E-state index in [1.807, 2.05) is 36.5 Å². The van der Waals surface area contributed by atoms with E-state index in [9.17, 15) is 4.39 Å². The molecule has 130 valence electrons. The van der Waals surface area contributed by atoms with Gasteiger partial charge in [-0.3, -0.25) is 5.32 Å². The van der Waals surface area contributed by atoms with Crippen LogP contribution in [0.4, 0.5) is 10.2 Å². The van der Waals surface area contributed by atoms with Crippen molar-refractivity contribution in [3.8, 4) is 0 Å². The fourth-order valence-corrected chi connectivity index (χ4v) is 3.47. The first-order chi connectivity index (χ1) is 12.6. The average Bonchev–Trinajstić information content (AvgIpc) is 2.96. The van der Waals surface area contributed by atoms with Crippen LogP contribution in [0, 0.1) is 19.7 Å². The lowest BCUT2D eigenvalue weighted by molar-refractivity contribution is -0.361. The highest BCUT2D eigenvalue weighted by atomic mass is 19.1. The summed E-state index contributed by atoms with van der Waals surface area (Å²) in [5, 5.41) is 4.76. The third kappa shape index (κ3) is 3.06. The number of aromatic amines is 2. The van der Waals surface area contributed by atoms with Crippen LogP contribution in [0.25, 0.3) is 10.9 Å². The van der Waals surface area contributed by atoms with E-state index in [4.69, 9.17) is 0 Å². The average molecular weight is 346 g/mol. The predicted octanol–water partition coefficient (Wildman–Crippen LogP) is 4.94. The van der Waals surface area contributed by atoms with Crippen LogP contribution in [-0.4, -0.2) is 4.98 Å². The van der Waals surface area contributed by atoms with Crippen LogP contribution in [0.2, 0.25) is 0 Å². The summed E-state index contributed by atoms with van der Waals surface area (Å²) >= 11 is 0. The second-order valence-corrected chi connectivity index (χ2v) is 6.62. The SMILES string of the molecule is Cc1cc[nH+]c(N[C@@H](c2ccc(F)cc2)c2c(C)[nH]c3ccccc23)c1. The summed E-state index contributed by atoms with van der Waals surface area (Å²) in [7, 11) is 0. The number of aromatic nitrogens is 2. The van der Waals surface area contributed by atoms with Gasteiger partial charge in [-0.25, -0.2) is 9.37 Å². The summed E-state index contributed by atoms with van der Waals surface area (Å²) in [4.78, 5) is 6.72. The van der Waals surface area contributed by atoms with Crippen LogP contribution in [0.5, 0.6) is 0 Å². The fraction of sp³-hybridized carbons (Fsp3) is 0.136. The molecule has 0 amide bonds. The zero-order valence-corrected chi connectivity index (χ0v) is 14.8. The van der Waals surface area contributed by atoms with Crippen molar-refractivity contribution in [2.45, 2.75) is 19.9 Å². The first kappa shape index (κ1) is 16.3. The highest BCUT2D eigenvalue weighted by molar-refractivity contribution is 5.86. The zero-order valence-electron chi connectivity index (χ0n) is 14.8. The third-order valence-electron chi connectivity index (χ3n) is 4.69. The quantitative estimate of drug-likeness (QED) is 0.540. The van der Waals surface area contributed by atoms with E-state index in [0.717, 1.165) is 22.6 Å². The number of anilines is 1. The Kier molecular flexibility index (Phi) is 4.17.